The lowest BCUT2D eigenvalue weighted by Gasteiger charge is -2.07. The van der Waals surface area contributed by atoms with Crippen molar-refractivity contribution in [1.29, 1.82) is 0 Å². The van der Waals surface area contributed by atoms with E-state index < -0.39 is 0 Å². The van der Waals surface area contributed by atoms with Crippen LogP contribution >= 0.6 is 11.6 Å². The van der Waals surface area contributed by atoms with Gasteiger partial charge in [0.2, 0.25) is 0 Å². The summed E-state index contributed by atoms with van der Waals surface area (Å²) >= 11 is 6.17. The molecule has 2 aromatic rings. The van der Waals surface area contributed by atoms with E-state index in [0.29, 0.717) is 0 Å². The van der Waals surface area contributed by atoms with Crippen LogP contribution in [0.25, 0.3) is 11.0 Å². The smallest absolute Gasteiger partial charge is 0.127 e. The van der Waals surface area contributed by atoms with E-state index in [-0.39, 0.29) is 5.38 Å². The van der Waals surface area contributed by atoms with Crippen LogP contribution in [0, 0.1) is 0 Å². The van der Waals surface area contributed by atoms with Crippen molar-refractivity contribution >= 4 is 22.6 Å². The number of aryl methyl sites for hydroxylation is 1. The van der Waals surface area contributed by atoms with E-state index >= 15 is 0 Å². The first-order valence-electron chi connectivity index (χ1n) is 6.44. The molecule has 98 valence electrons. The number of halogens is 1. The SMILES string of the molecule is CCCOc1ccc2c(c1)nc(C(C)Cl)n2CC. The van der Waals surface area contributed by atoms with Crippen LogP contribution in [0.4, 0.5) is 0 Å². The Hall–Kier alpha value is -1.22. The number of imidazole rings is 1. The van der Waals surface area contributed by atoms with Gasteiger partial charge in [0, 0.05) is 12.6 Å². The molecule has 0 fully saturated rings. The summed E-state index contributed by atoms with van der Waals surface area (Å²) in [5.41, 5.74) is 2.07. The minimum Gasteiger partial charge on any atom is -0.494 e. The van der Waals surface area contributed by atoms with Gasteiger partial charge >= 0.3 is 0 Å². The molecule has 0 aliphatic carbocycles. The normalized spacial score (nSPS) is 12.9. The highest BCUT2D eigenvalue weighted by molar-refractivity contribution is 6.20. The molecule has 0 amide bonds. The van der Waals surface area contributed by atoms with Gasteiger partial charge in [0.1, 0.15) is 11.6 Å². The topological polar surface area (TPSA) is 27.1 Å². The molecule has 1 aromatic carbocycles. The van der Waals surface area contributed by atoms with Crippen molar-refractivity contribution in [3.63, 3.8) is 0 Å². The lowest BCUT2D eigenvalue weighted by Crippen LogP contribution is -2.01. The predicted octanol–water partition coefficient (Wildman–Crippen LogP) is 4.14. The molecule has 0 N–H and O–H groups in total. The van der Waals surface area contributed by atoms with Crippen LogP contribution in [0.3, 0.4) is 0 Å². The van der Waals surface area contributed by atoms with Crippen molar-refractivity contribution in [2.75, 3.05) is 6.61 Å². The van der Waals surface area contributed by atoms with Gasteiger partial charge in [0.15, 0.2) is 0 Å². The van der Waals surface area contributed by atoms with Crippen LogP contribution in [0.1, 0.15) is 38.4 Å². The third kappa shape index (κ3) is 2.46. The van der Waals surface area contributed by atoms with Gasteiger partial charge in [-0.05, 0) is 32.4 Å². The maximum atomic E-state index is 6.17. The standard InChI is InChI=1S/C14H19ClN2O/c1-4-8-18-11-6-7-13-12(9-11)16-14(10(3)15)17(13)5-2/h6-7,9-10H,4-5,8H2,1-3H3. The average molecular weight is 267 g/mol. The second kappa shape index (κ2) is 5.61. The molecular weight excluding hydrogens is 248 g/mol. The van der Waals surface area contributed by atoms with Gasteiger partial charge < -0.3 is 9.30 Å². The van der Waals surface area contributed by atoms with E-state index in [1.165, 1.54) is 0 Å². The van der Waals surface area contributed by atoms with Crippen molar-refractivity contribution in [1.82, 2.24) is 9.55 Å². The maximum absolute atomic E-state index is 6.17. The summed E-state index contributed by atoms with van der Waals surface area (Å²) in [5.74, 6) is 1.79. The maximum Gasteiger partial charge on any atom is 0.127 e. The van der Waals surface area contributed by atoms with Gasteiger partial charge in [-0.2, -0.15) is 0 Å². The molecule has 1 heterocycles. The summed E-state index contributed by atoms with van der Waals surface area (Å²) in [6.07, 6.45) is 1.01. The molecule has 0 aliphatic rings. The van der Waals surface area contributed by atoms with E-state index in [2.05, 4.69) is 29.5 Å². The number of nitrogens with zero attached hydrogens (tertiary/aromatic N) is 2. The van der Waals surface area contributed by atoms with Gasteiger partial charge in [-0.25, -0.2) is 4.98 Å². The highest BCUT2D eigenvalue weighted by Gasteiger charge is 2.14. The molecule has 0 saturated carbocycles. The number of benzene rings is 1. The Bertz CT molecular complexity index is 534. The molecule has 2 rings (SSSR count). The van der Waals surface area contributed by atoms with Gasteiger partial charge in [-0.1, -0.05) is 6.92 Å². The Kier molecular flexibility index (Phi) is 4.12. The van der Waals surface area contributed by atoms with E-state index in [1.807, 2.05) is 19.1 Å². The van der Waals surface area contributed by atoms with Gasteiger partial charge in [0.05, 0.1) is 23.0 Å². The number of hydrogen-bond acceptors (Lipinski definition) is 2. The fourth-order valence-electron chi connectivity index (χ4n) is 2.07. The minimum absolute atomic E-state index is 0.0858. The second-order valence-corrected chi connectivity index (χ2v) is 4.98. The van der Waals surface area contributed by atoms with Crippen molar-refractivity contribution in [3.8, 4) is 5.75 Å². The van der Waals surface area contributed by atoms with Crippen molar-refractivity contribution in [3.05, 3.63) is 24.0 Å². The Morgan fingerprint density at radius 1 is 1.39 bits per heavy atom. The molecule has 1 unspecified atom stereocenters. The number of fused-ring (bicyclic) bond motifs is 1. The third-order valence-corrected chi connectivity index (χ3v) is 3.09. The minimum atomic E-state index is -0.0858. The largest absolute Gasteiger partial charge is 0.494 e. The third-order valence-electron chi connectivity index (χ3n) is 2.89. The highest BCUT2D eigenvalue weighted by atomic mass is 35.5. The molecule has 1 aromatic heterocycles. The first-order valence-corrected chi connectivity index (χ1v) is 6.88. The van der Waals surface area contributed by atoms with E-state index in [4.69, 9.17) is 16.3 Å². The molecule has 3 nitrogen and oxygen atoms in total. The average Bonchev–Trinajstić information content (AvgIpc) is 2.74. The number of rotatable bonds is 5. The van der Waals surface area contributed by atoms with Crippen LogP contribution in [0.15, 0.2) is 18.2 Å². The summed E-state index contributed by atoms with van der Waals surface area (Å²) in [7, 11) is 0. The molecule has 4 heteroatoms. The summed E-state index contributed by atoms with van der Waals surface area (Å²) in [6.45, 7) is 7.75. The number of aromatic nitrogens is 2. The lowest BCUT2D eigenvalue weighted by molar-refractivity contribution is 0.318. The van der Waals surface area contributed by atoms with Crippen LogP contribution in [-0.4, -0.2) is 16.2 Å². The van der Waals surface area contributed by atoms with Gasteiger partial charge in [-0.15, -0.1) is 11.6 Å². The van der Waals surface area contributed by atoms with E-state index in [9.17, 15) is 0 Å². The van der Waals surface area contributed by atoms with Gasteiger partial charge in [-0.3, -0.25) is 0 Å². The Morgan fingerprint density at radius 2 is 2.17 bits per heavy atom. The zero-order chi connectivity index (χ0) is 13.1. The highest BCUT2D eigenvalue weighted by Crippen LogP contribution is 2.27. The van der Waals surface area contributed by atoms with Crippen LogP contribution in [0.5, 0.6) is 5.75 Å². The number of alkyl halides is 1. The van der Waals surface area contributed by atoms with Crippen LogP contribution in [0.2, 0.25) is 0 Å². The second-order valence-electron chi connectivity index (χ2n) is 4.33. The molecular formula is C14H19ClN2O. The Morgan fingerprint density at radius 3 is 2.78 bits per heavy atom. The lowest BCUT2D eigenvalue weighted by atomic mass is 10.3. The van der Waals surface area contributed by atoms with E-state index in [0.717, 1.165) is 42.2 Å². The quantitative estimate of drug-likeness (QED) is 0.761. The predicted molar refractivity (Wildman–Crippen MR) is 75.5 cm³/mol. The Balaban J connectivity index is 2.44. The van der Waals surface area contributed by atoms with Gasteiger partial charge in [0.25, 0.3) is 0 Å². The molecule has 0 radical (unpaired) electrons. The van der Waals surface area contributed by atoms with Crippen LogP contribution < -0.4 is 4.74 Å². The van der Waals surface area contributed by atoms with E-state index in [1.54, 1.807) is 0 Å². The summed E-state index contributed by atoms with van der Waals surface area (Å²) in [4.78, 5) is 4.60. The van der Waals surface area contributed by atoms with Crippen molar-refractivity contribution < 1.29 is 4.74 Å². The van der Waals surface area contributed by atoms with Crippen LogP contribution in [-0.2, 0) is 6.54 Å². The monoisotopic (exact) mass is 266 g/mol. The molecule has 0 bridgehead atoms. The summed E-state index contributed by atoms with van der Waals surface area (Å²) < 4.78 is 7.77. The molecule has 18 heavy (non-hydrogen) atoms. The number of hydrogen-bond donors (Lipinski definition) is 0. The molecule has 1 atom stereocenters. The Labute approximate surface area is 113 Å². The molecule has 0 aliphatic heterocycles. The zero-order valence-electron chi connectivity index (χ0n) is 11.1. The van der Waals surface area contributed by atoms with Crippen molar-refractivity contribution in [2.45, 2.75) is 39.1 Å². The van der Waals surface area contributed by atoms with Crippen molar-refractivity contribution in [2.24, 2.45) is 0 Å². The first kappa shape index (κ1) is 13.2. The zero-order valence-corrected chi connectivity index (χ0v) is 11.9. The fraction of sp³-hybridized carbons (Fsp3) is 0.500. The number of ether oxygens (including phenoxy) is 1. The summed E-state index contributed by atoms with van der Waals surface area (Å²) in [5, 5.41) is -0.0858. The molecule has 0 spiro atoms. The fourth-order valence-corrected chi connectivity index (χ4v) is 2.24. The summed E-state index contributed by atoms with van der Waals surface area (Å²) in [6, 6.07) is 6.04. The molecule has 0 saturated heterocycles. The first-order chi connectivity index (χ1) is 8.67.